The van der Waals surface area contributed by atoms with Gasteiger partial charge in [0, 0.05) is 6.42 Å². The van der Waals surface area contributed by atoms with Crippen molar-refractivity contribution in [3.63, 3.8) is 0 Å². The highest BCUT2D eigenvalue weighted by Gasteiger charge is 2.29. The number of thiophene rings is 1. The lowest BCUT2D eigenvalue weighted by Gasteiger charge is -2.19. The fourth-order valence-corrected chi connectivity index (χ4v) is 2.87. The third-order valence-electron chi connectivity index (χ3n) is 2.78. The molecular formula is C16H23NO5S. The first kappa shape index (κ1) is 19.2. The Hall–Kier alpha value is -1.89. The molecule has 0 spiro atoms. The van der Waals surface area contributed by atoms with Gasteiger partial charge in [-0.3, -0.25) is 4.79 Å². The number of carbonyl (C=O) groups excluding carboxylic acids is 3. The number of amides is 1. The van der Waals surface area contributed by atoms with E-state index in [0.29, 0.717) is 10.6 Å². The quantitative estimate of drug-likeness (QED) is 0.829. The molecule has 0 aliphatic carbocycles. The van der Waals surface area contributed by atoms with Gasteiger partial charge >= 0.3 is 11.9 Å². The SMILES string of the molecule is CCOC(=O)c1c(NC(=O)CC)sc(C(=O)OC(C)(C)C)c1C. The number of hydrogen-bond donors (Lipinski definition) is 1. The van der Waals surface area contributed by atoms with Gasteiger partial charge in [0.2, 0.25) is 5.91 Å². The van der Waals surface area contributed by atoms with Crippen molar-refractivity contribution in [3.8, 4) is 0 Å². The Morgan fingerprint density at radius 3 is 2.22 bits per heavy atom. The molecule has 6 nitrogen and oxygen atoms in total. The minimum atomic E-state index is -0.648. The maximum atomic E-state index is 12.3. The van der Waals surface area contributed by atoms with Crippen LogP contribution in [0.3, 0.4) is 0 Å². The Morgan fingerprint density at radius 2 is 1.74 bits per heavy atom. The molecule has 0 fully saturated rings. The number of anilines is 1. The zero-order valence-electron chi connectivity index (χ0n) is 14.4. The molecule has 0 atom stereocenters. The van der Waals surface area contributed by atoms with Gasteiger partial charge in [-0.25, -0.2) is 9.59 Å². The van der Waals surface area contributed by atoms with E-state index in [0.717, 1.165) is 11.3 Å². The van der Waals surface area contributed by atoms with Crippen molar-refractivity contribution in [1.29, 1.82) is 0 Å². The van der Waals surface area contributed by atoms with Crippen LogP contribution < -0.4 is 5.32 Å². The molecule has 0 radical (unpaired) electrons. The van der Waals surface area contributed by atoms with Crippen molar-refractivity contribution in [1.82, 2.24) is 0 Å². The Kier molecular flexibility index (Phi) is 6.32. The van der Waals surface area contributed by atoms with Crippen LogP contribution in [0.4, 0.5) is 5.00 Å². The number of esters is 2. The van der Waals surface area contributed by atoms with Gasteiger partial charge in [-0.2, -0.15) is 0 Å². The van der Waals surface area contributed by atoms with Gasteiger partial charge in [-0.1, -0.05) is 6.92 Å². The Bertz CT molecular complexity index is 613. The van der Waals surface area contributed by atoms with Crippen LogP contribution in [0.1, 0.15) is 66.6 Å². The van der Waals surface area contributed by atoms with Crippen molar-refractivity contribution in [3.05, 3.63) is 16.0 Å². The van der Waals surface area contributed by atoms with Gasteiger partial charge in [0.25, 0.3) is 0 Å². The summed E-state index contributed by atoms with van der Waals surface area (Å²) in [5, 5.41) is 2.96. The van der Waals surface area contributed by atoms with Crippen LogP contribution in [0.5, 0.6) is 0 Å². The zero-order valence-corrected chi connectivity index (χ0v) is 15.2. The third kappa shape index (κ3) is 5.06. The molecule has 7 heteroatoms. The lowest BCUT2D eigenvalue weighted by atomic mass is 10.1. The van der Waals surface area contributed by atoms with E-state index in [1.165, 1.54) is 0 Å². The second-order valence-corrected chi connectivity index (χ2v) is 6.91. The minimum Gasteiger partial charge on any atom is -0.462 e. The highest BCUT2D eigenvalue weighted by molar-refractivity contribution is 7.18. The molecule has 0 saturated carbocycles. The van der Waals surface area contributed by atoms with Crippen molar-refractivity contribution in [2.45, 2.75) is 53.6 Å². The molecule has 1 aromatic heterocycles. The fourth-order valence-electron chi connectivity index (χ4n) is 1.78. The van der Waals surface area contributed by atoms with E-state index in [-0.39, 0.29) is 29.4 Å². The van der Waals surface area contributed by atoms with Gasteiger partial charge in [-0.15, -0.1) is 11.3 Å². The molecule has 0 aromatic carbocycles. The summed E-state index contributed by atoms with van der Waals surface area (Å²) in [4.78, 5) is 36.4. The van der Waals surface area contributed by atoms with Gasteiger partial charge < -0.3 is 14.8 Å². The second-order valence-electron chi connectivity index (χ2n) is 5.88. The summed E-state index contributed by atoms with van der Waals surface area (Å²) in [5.74, 6) is -1.34. The molecule has 1 amide bonds. The highest BCUT2D eigenvalue weighted by Crippen LogP contribution is 2.35. The van der Waals surface area contributed by atoms with Gasteiger partial charge in [0.05, 0.1) is 12.2 Å². The third-order valence-corrected chi connectivity index (χ3v) is 3.97. The molecule has 23 heavy (non-hydrogen) atoms. The standard InChI is InChI=1S/C16H23NO5S/c1-7-10(18)17-13-11(14(19)21-8-2)9(3)12(23-13)15(20)22-16(4,5)6/h7-8H2,1-6H3,(H,17,18). The Balaban J connectivity index is 3.28. The number of nitrogens with one attached hydrogen (secondary N) is 1. The summed E-state index contributed by atoms with van der Waals surface area (Å²) in [7, 11) is 0. The van der Waals surface area contributed by atoms with Crippen LogP contribution >= 0.6 is 11.3 Å². The first-order valence-electron chi connectivity index (χ1n) is 7.44. The van der Waals surface area contributed by atoms with E-state index in [2.05, 4.69) is 5.32 Å². The first-order chi connectivity index (χ1) is 10.6. The van der Waals surface area contributed by atoms with Crippen LogP contribution in [0, 0.1) is 6.92 Å². The predicted molar refractivity (Wildman–Crippen MR) is 89.1 cm³/mol. The van der Waals surface area contributed by atoms with Gasteiger partial charge in [-0.05, 0) is 40.2 Å². The van der Waals surface area contributed by atoms with Crippen LogP contribution in [-0.2, 0) is 14.3 Å². The van der Waals surface area contributed by atoms with Gasteiger partial charge in [0.1, 0.15) is 15.5 Å². The summed E-state index contributed by atoms with van der Waals surface area (Å²) in [6.07, 6.45) is 0.265. The Labute approximate surface area is 140 Å². The van der Waals surface area contributed by atoms with Crippen molar-refractivity contribution in [2.75, 3.05) is 11.9 Å². The highest BCUT2D eigenvalue weighted by atomic mass is 32.1. The second kappa shape index (κ2) is 7.59. The van der Waals surface area contributed by atoms with E-state index in [1.54, 1.807) is 41.5 Å². The molecular weight excluding hydrogens is 318 g/mol. The summed E-state index contributed by atoms with van der Waals surface area (Å²) >= 11 is 1.03. The first-order valence-corrected chi connectivity index (χ1v) is 8.26. The summed E-state index contributed by atoms with van der Waals surface area (Å²) < 4.78 is 10.4. The molecule has 0 unspecified atom stereocenters. The molecule has 128 valence electrons. The zero-order chi connectivity index (χ0) is 17.8. The van der Waals surface area contributed by atoms with Gasteiger partial charge in [0.15, 0.2) is 0 Å². The summed E-state index contributed by atoms with van der Waals surface area (Å²) in [6, 6.07) is 0. The van der Waals surface area contributed by atoms with Crippen molar-refractivity contribution in [2.24, 2.45) is 0 Å². The van der Waals surface area contributed by atoms with E-state index in [4.69, 9.17) is 9.47 Å². The monoisotopic (exact) mass is 341 g/mol. The Morgan fingerprint density at radius 1 is 1.13 bits per heavy atom. The summed E-state index contributed by atoms with van der Waals surface area (Å²) in [5.41, 5.74) is 0.0124. The average Bonchev–Trinajstić information content (AvgIpc) is 2.73. The van der Waals surface area contributed by atoms with Crippen LogP contribution in [0.15, 0.2) is 0 Å². The topological polar surface area (TPSA) is 81.7 Å². The molecule has 0 aliphatic heterocycles. The predicted octanol–water partition coefficient (Wildman–Crippen LogP) is 3.54. The minimum absolute atomic E-state index is 0.205. The largest absolute Gasteiger partial charge is 0.462 e. The molecule has 1 N–H and O–H groups in total. The van der Waals surface area contributed by atoms with Crippen LogP contribution in [-0.4, -0.2) is 30.1 Å². The molecule has 0 saturated heterocycles. The number of rotatable bonds is 5. The molecule has 1 aromatic rings. The molecule has 0 aliphatic rings. The maximum Gasteiger partial charge on any atom is 0.349 e. The molecule has 0 bridgehead atoms. The molecule has 1 heterocycles. The molecule has 1 rings (SSSR count). The number of carbonyl (C=O) groups is 3. The van der Waals surface area contributed by atoms with E-state index >= 15 is 0 Å². The smallest absolute Gasteiger partial charge is 0.349 e. The van der Waals surface area contributed by atoms with Crippen LogP contribution in [0.2, 0.25) is 0 Å². The van der Waals surface area contributed by atoms with E-state index < -0.39 is 17.5 Å². The summed E-state index contributed by atoms with van der Waals surface area (Å²) in [6.45, 7) is 10.5. The van der Waals surface area contributed by atoms with E-state index in [1.807, 2.05) is 0 Å². The fraction of sp³-hybridized carbons (Fsp3) is 0.562. The lowest BCUT2D eigenvalue weighted by Crippen LogP contribution is -2.23. The lowest BCUT2D eigenvalue weighted by molar-refractivity contribution is -0.115. The normalized spacial score (nSPS) is 11.0. The van der Waals surface area contributed by atoms with Crippen LogP contribution in [0.25, 0.3) is 0 Å². The average molecular weight is 341 g/mol. The number of ether oxygens (including phenoxy) is 2. The van der Waals surface area contributed by atoms with Crippen molar-refractivity contribution >= 4 is 34.2 Å². The van der Waals surface area contributed by atoms with E-state index in [9.17, 15) is 14.4 Å². The number of hydrogen-bond acceptors (Lipinski definition) is 6. The van der Waals surface area contributed by atoms with Crippen molar-refractivity contribution < 1.29 is 23.9 Å². The maximum absolute atomic E-state index is 12.3.